The van der Waals surface area contributed by atoms with Crippen LogP contribution in [-0.4, -0.2) is 22.0 Å². The highest BCUT2D eigenvalue weighted by atomic mass is 19.1. The van der Waals surface area contributed by atoms with Gasteiger partial charge >= 0.3 is 5.97 Å². The topological polar surface area (TPSA) is 79.3 Å². The number of aromatic carboxylic acids is 1. The molecule has 0 radical (unpaired) electrons. The van der Waals surface area contributed by atoms with Gasteiger partial charge in [0.25, 0.3) is 0 Å². The van der Waals surface area contributed by atoms with Crippen LogP contribution in [0.15, 0.2) is 42.6 Å². The largest absolute Gasteiger partial charge is 0.477 e. The van der Waals surface area contributed by atoms with E-state index < -0.39 is 5.97 Å². The Bertz CT molecular complexity index is 656. The molecule has 6 heteroatoms. The second-order valence-electron chi connectivity index (χ2n) is 4.44. The standard InChI is InChI=1S/C15H13FN2O3/c16-12-3-1-2-10(6-12)7-14(19)18-9-11-4-5-13(15(20)21)17-8-11/h1-6,8H,7,9H2,(H,18,19)(H,20,21). The molecule has 1 heterocycles. The summed E-state index contributed by atoms with van der Waals surface area (Å²) in [4.78, 5) is 26.1. The van der Waals surface area contributed by atoms with E-state index in [0.717, 1.165) is 0 Å². The molecule has 21 heavy (non-hydrogen) atoms. The molecule has 0 spiro atoms. The van der Waals surface area contributed by atoms with Crippen molar-refractivity contribution >= 4 is 11.9 Å². The molecule has 0 saturated heterocycles. The zero-order chi connectivity index (χ0) is 15.2. The first-order chi connectivity index (χ1) is 10.0. The minimum Gasteiger partial charge on any atom is -0.477 e. The van der Waals surface area contributed by atoms with E-state index in [1.165, 1.54) is 24.4 Å². The summed E-state index contributed by atoms with van der Waals surface area (Å²) in [5.41, 5.74) is 1.23. The van der Waals surface area contributed by atoms with Crippen LogP contribution in [0.4, 0.5) is 4.39 Å². The average molecular weight is 288 g/mol. The summed E-state index contributed by atoms with van der Waals surface area (Å²) >= 11 is 0. The van der Waals surface area contributed by atoms with E-state index >= 15 is 0 Å². The quantitative estimate of drug-likeness (QED) is 0.879. The minimum absolute atomic E-state index is 0.0511. The van der Waals surface area contributed by atoms with Crippen LogP contribution in [0.3, 0.4) is 0 Å². The second kappa shape index (κ2) is 6.60. The fourth-order valence-corrected chi connectivity index (χ4v) is 1.75. The van der Waals surface area contributed by atoms with E-state index in [0.29, 0.717) is 11.1 Å². The molecule has 0 aliphatic heterocycles. The third-order valence-corrected chi connectivity index (χ3v) is 2.79. The number of hydrogen-bond acceptors (Lipinski definition) is 3. The number of amides is 1. The molecule has 2 N–H and O–H groups in total. The van der Waals surface area contributed by atoms with E-state index in [1.807, 2.05) is 0 Å². The Hall–Kier alpha value is -2.76. The number of aromatic nitrogens is 1. The van der Waals surface area contributed by atoms with E-state index in [1.54, 1.807) is 18.2 Å². The van der Waals surface area contributed by atoms with Crippen LogP contribution < -0.4 is 5.32 Å². The molecule has 0 atom stereocenters. The first-order valence-corrected chi connectivity index (χ1v) is 6.24. The number of nitrogens with one attached hydrogen (secondary N) is 1. The molecule has 1 aromatic carbocycles. The lowest BCUT2D eigenvalue weighted by Crippen LogP contribution is -2.24. The lowest BCUT2D eigenvalue weighted by Gasteiger charge is -2.05. The normalized spacial score (nSPS) is 10.1. The highest BCUT2D eigenvalue weighted by Gasteiger charge is 2.06. The molecule has 0 aliphatic rings. The van der Waals surface area contributed by atoms with Crippen LogP contribution >= 0.6 is 0 Å². The monoisotopic (exact) mass is 288 g/mol. The van der Waals surface area contributed by atoms with Crippen molar-refractivity contribution in [3.05, 3.63) is 65.2 Å². The van der Waals surface area contributed by atoms with Crippen molar-refractivity contribution in [1.82, 2.24) is 10.3 Å². The van der Waals surface area contributed by atoms with Gasteiger partial charge < -0.3 is 10.4 Å². The lowest BCUT2D eigenvalue weighted by atomic mass is 10.1. The van der Waals surface area contributed by atoms with Crippen molar-refractivity contribution in [2.45, 2.75) is 13.0 Å². The zero-order valence-electron chi connectivity index (χ0n) is 11.0. The number of pyridine rings is 1. The Kier molecular flexibility index (Phi) is 4.61. The zero-order valence-corrected chi connectivity index (χ0v) is 11.0. The molecule has 108 valence electrons. The number of hydrogen-bond donors (Lipinski definition) is 2. The number of rotatable bonds is 5. The molecular formula is C15H13FN2O3. The van der Waals surface area contributed by atoms with Crippen LogP contribution in [-0.2, 0) is 17.8 Å². The summed E-state index contributed by atoms with van der Waals surface area (Å²) in [5.74, 6) is -1.73. The van der Waals surface area contributed by atoms with Gasteiger partial charge in [0.15, 0.2) is 0 Å². The molecule has 2 rings (SSSR count). The molecule has 5 nitrogen and oxygen atoms in total. The van der Waals surface area contributed by atoms with Crippen molar-refractivity contribution in [2.24, 2.45) is 0 Å². The number of halogens is 1. The van der Waals surface area contributed by atoms with E-state index in [-0.39, 0.29) is 30.4 Å². The molecule has 0 unspecified atom stereocenters. The predicted molar refractivity (Wildman–Crippen MR) is 73.1 cm³/mol. The Labute approximate surface area is 120 Å². The SMILES string of the molecule is O=C(Cc1cccc(F)c1)NCc1ccc(C(=O)O)nc1. The number of carbonyl (C=O) groups is 2. The Morgan fingerprint density at radius 3 is 2.62 bits per heavy atom. The average Bonchev–Trinajstić information content (AvgIpc) is 2.45. The van der Waals surface area contributed by atoms with Gasteiger partial charge in [-0.15, -0.1) is 0 Å². The molecule has 2 aromatic rings. The number of carboxylic acid groups (broad SMARTS) is 1. The summed E-state index contributed by atoms with van der Waals surface area (Å²) in [6, 6.07) is 8.80. The van der Waals surface area contributed by atoms with Crippen LogP contribution in [0.2, 0.25) is 0 Å². The van der Waals surface area contributed by atoms with Gasteiger partial charge in [-0.25, -0.2) is 14.2 Å². The Morgan fingerprint density at radius 1 is 1.19 bits per heavy atom. The van der Waals surface area contributed by atoms with Gasteiger partial charge in [-0.1, -0.05) is 18.2 Å². The molecule has 0 saturated carbocycles. The highest BCUT2D eigenvalue weighted by Crippen LogP contribution is 2.05. The maximum atomic E-state index is 13.0. The maximum absolute atomic E-state index is 13.0. The molecule has 1 amide bonds. The van der Waals surface area contributed by atoms with Gasteiger partial charge in [0.05, 0.1) is 6.42 Å². The van der Waals surface area contributed by atoms with Crippen LogP contribution in [0.25, 0.3) is 0 Å². The predicted octanol–water partition coefficient (Wildman–Crippen LogP) is 1.78. The van der Waals surface area contributed by atoms with Crippen molar-refractivity contribution in [3.63, 3.8) is 0 Å². The van der Waals surface area contributed by atoms with Crippen molar-refractivity contribution in [2.75, 3.05) is 0 Å². The summed E-state index contributed by atoms with van der Waals surface area (Å²) < 4.78 is 13.0. The molecular weight excluding hydrogens is 275 g/mol. The van der Waals surface area contributed by atoms with E-state index in [4.69, 9.17) is 5.11 Å². The number of carbonyl (C=O) groups excluding carboxylic acids is 1. The van der Waals surface area contributed by atoms with E-state index in [2.05, 4.69) is 10.3 Å². The number of carboxylic acids is 1. The first kappa shape index (κ1) is 14.6. The molecule has 0 bridgehead atoms. The fraction of sp³-hybridized carbons (Fsp3) is 0.133. The van der Waals surface area contributed by atoms with Gasteiger partial charge in [-0.2, -0.15) is 0 Å². The van der Waals surface area contributed by atoms with E-state index in [9.17, 15) is 14.0 Å². The van der Waals surface area contributed by atoms with Crippen molar-refractivity contribution in [1.29, 1.82) is 0 Å². The first-order valence-electron chi connectivity index (χ1n) is 6.24. The smallest absolute Gasteiger partial charge is 0.354 e. The highest BCUT2D eigenvalue weighted by molar-refractivity contribution is 5.85. The third-order valence-electron chi connectivity index (χ3n) is 2.79. The third kappa shape index (κ3) is 4.38. The van der Waals surface area contributed by atoms with Gasteiger partial charge in [-0.05, 0) is 29.3 Å². The number of nitrogens with zero attached hydrogens (tertiary/aromatic N) is 1. The Balaban J connectivity index is 1.87. The summed E-state index contributed by atoms with van der Waals surface area (Å²) in [6.07, 6.45) is 1.48. The van der Waals surface area contributed by atoms with Crippen molar-refractivity contribution < 1.29 is 19.1 Å². The van der Waals surface area contributed by atoms with Gasteiger partial charge in [0, 0.05) is 12.7 Å². The van der Waals surface area contributed by atoms with Crippen LogP contribution in [0.5, 0.6) is 0 Å². The number of benzene rings is 1. The second-order valence-corrected chi connectivity index (χ2v) is 4.44. The Morgan fingerprint density at radius 2 is 2.00 bits per heavy atom. The lowest BCUT2D eigenvalue weighted by molar-refractivity contribution is -0.120. The van der Waals surface area contributed by atoms with Crippen molar-refractivity contribution in [3.8, 4) is 0 Å². The molecule has 1 aromatic heterocycles. The van der Waals surface area contributed by atoms with Gasteiger partial charge in [-0.3, -0.25) is 4.79 Å². The molecule has 0 aliphatic carbocycles. The fourth-order valence-electron chi connectivity index (χ4n) is 1.75. The summed E-state index contributed by atoms with van der Waals surface area (Å²) in [7, 11) is 0. The van der Waals surface area contributed by atoms with Crippen LogP contribution in [0.1, 0.15) is 21.6 Å². The summed E-state index contributed by atoms with van der Waals surface area (Å²) in [5, 5.41) is 11.4. The molecule has 0 fully saturated rings. The van der Waals surface area contributed by atoms with Crippen LogP contribution in [0, 0.1) is 5.82 Å². The maximum Gasteiger partial charge on any atom is 0.354 e. The van der Waals surface area contributed by atoms with Gasteiger partial charge in [0.1, 0.15) is 11.5 Å². The van der Waals surface area contributed by atoms with Gasteiger partial charge in [0.2, 0.25) is 5.91 Å². The summed E-state index contributed by atoms with van der Waals surface area (Å²) in [6.45, 7) is 0.237. The minimum atomic E-state index is -1.10.